The Kier molecular flexibility index (Phi) is 10.3. The summed E-state index contributed by atoms with van der Waals surface area (Å²) in [7, 11) is 1.04. The van der Waals surface area contributed by atoms with Gasteiger partial charge in [0.1, 0.15) is 11.4 Å². The summed E-state index contributed by atoms with van der Waals surface area (Å²) >= 11 is 0. The molecule has 1 heterocycles. The predicted molar refractivity (Wildman–Crippen MR) is 161 cm³/mol. The van der Waals surface area contributed by atoms with Crippen LogP contribution in [0.3, 0.4) is 0 Å². The van der Waals surface area contributed by atoms with Gasteiger partial charge in [0.05, 0.1) is 12.0 Å². The van der Waals surface area contributed by atoms with E-state index in [9.17, 15) is 18.0 Å². The van der Waals surface area contributed by atoms with Crippen molar-refractivity contribution in [2.75, 3.05) is 51.1 Å². The van der Waals surface area contributed by atoms with Crippen molar-refractivity contribution >= 4 is 33.4 Å². The summed E-state index contributed by atoms with van der Waals surface area (Å²) in [4.78, 5) is 29.2. The highest BCUT2D eigenvalue weighted by molar-refractivity contribution is 7.89. The molecule has 0 aromatic heterocycles. The van der Waals surface area contributed by atoms with Crippen LogP contribution in [0.1, 0.15) is 51.2 Å². The zero-order chi connectivity index (χ0) is 30.5. The van der Waals surface area contributed by atoms with Gasteiger partial charge in [0.2, 0.25) is 15.9 Å². The van der Waals surface area contributed by atoms with Crippen LogP contribution in [0.4, 0.5) is 16.2 Å². The lowest BCUT2D eigenvalue weighted by atomic mass is 10.0. The summed E-state index contributed by atoms with van der Waals surface area (Å²) in [6.45, 7) is 10.7. The number of amides is 2. The van der Waals surface area contributed by atoms with E-state index in [1.165, 1.54) is 11.4 Å². The molecule has 11 heteroatoms. The molecule has 2 aromatic carbocycles. The first-order chi connectivity index (χ1) is 19.1. The molecule has 0 saturated carbocycles. The number of nitrogens with one attached hydrogen (secondary N) is 1. The number of nitrogens with zero attached hydrogens (tertiary/aromatic N) is 3. The molecule has 41 heavy (non-hydrogen) atoms. The van der Waals surface area contributed by atoms with E-state index in [0.717, 1.165) is 31.6 Å². The molecule has 1 aliphatic rings. The van der Waals surface area contributed by atoms with Crippen molar-refractivity contribution in [1.29, 1.82) is 0 Å². The quantitative estimate of drug-likeness (QED) is 0.448. The Morgan fingerprint density at radius 2 is 1.59 bits per heavy atom. The fourth-order valence-electron chi connectivity index (χ4n) is 4.94. The van der Waals surface area contributed by atoms with E-state index in [-0.39, 0.29) is 35.9 Å². The molecule has 0 radical (unpaired) electrons. The number of rotatable bonds is 9. The van der Waals surface area contributed by atoms with Crippen molar-refractivity contribution < 1.29 is 27.5 Å². The molecule has 0 spiro atoms. The van der Waals surface area contributed by atoms with E-state index in [2.05, 4.69) is 10.2 Å². The Morgan fingerprint density at radius 1 is 1.02 bits per heavy atom. The maximum absolute atomic E-state index is 13.2. The van der Waals surface area contributed by atoms with Gasteiger partial charge in [-0.25, -0.2) is 17.5 Å². The number of methoxy groups -OCH3 is 1. The number of benzene rings is 2. The monoisotopic (exact) mass is 588 g/mol. The molecule has 1 N–H and O–H groups in total. The van der Waals surface area contributed by atoms with Crippen LogP contribution < -0.4 is 15.0 Å². The van der Waals surface area contributed by atoms with Gasteiger partial charge in [-0.2, -0.15) is 0 Å². The first kappa shape index (κ1) is 32.2. The smallest absolute Gasteiger partial charge is 0.410 e. The van der Waals surface area contributed by atoms with Gasteiger partial charge in [0, 0.05) is 57.6 Å². The predicted octanol–water partition coefficient (Wildman–Crippen LogP) is 4.80. The van der Waals surface area contributed by atoms with Crippen LogP contribution in [-0.2, 0) is 19.6 Å². The molecule has 3 rings (SSSR count). The average Bonchev–Trinajstić information content (AvgIpc) is 2.90. The van der Waals surface area contributed by atoms with Crippen LogP contribution in [0.5, 0.6) is 5.75 Å². The zero-order valence-corrected chi connectivity index (χ0v) is 26.3. The number of anilines is 2. The van der Waals surface area contributed by atoms with E-state index < -0.39 is 15.6 Å². The van der Waals surface area contributed by atoms with Gasteiger partial charge < -0.3 is 24.6 Å². The third-order valence-electron chi connectivity index (χ3n) is 7.20. The van der Waals surface area contributed by atoms with Crippen LogP contribution in [0.25, 0.3) is 0 Å². The van der Waals surface area contributed by atoms with Crippen LogP contribution in [0.15, 0.2) is 41.3 Å². The molecule has 0 bridgehead atoms. The van der Waals surface area contributed by atoms with E-state index in [1.54, 1.807) is 45.0 Å². The molecular formula is C30H44N4O6S. The second-order valence-electron chi connectivity index (χ2n) is 11.6. The number of ether oxygens (including phenoxy) is 2. The minimum absolute atomic E-state index is 0.0183. The van der Waals surface area contributed by atoms with Gasteiger partial charge >= 0.3 is 6.09 Å². The first-order valence-electron chi connectivity index (χ1n) is 13.8. The van der Waals surface area contributed by atoms with Crippen molar-refractivity contribution in [3.63, 3.8) is 0 Å². The van der Waals surface area contributed by atoms with E-state index in [4.69, 9.17) is 9.47 Å². The number of carbonyl (C=O) groups is 2. The lowest BCUT2D eigenvalue weighted by Crippen LogP contribution is -2.47. The van der Waals surface area contributed by atoms with Gasteiger partial charge in [-0.05, 0) is 95.0 Å². The van der Waals surface area contributed by atoms with Crippen LogP contribution in [-0.4, -0.2) is 82.1 Å². The molecule has 1 saturated heterocycles. The summed E-state index contributed by atoms with van der Waals surface area (Å²) in [6, 6.07) is 11.1. The largest absolute Gasteiger partial charge is 0.497 e. The van der Waals surface area contributed by atoms with Crippen LogP contribution >= 0.6 is 0 Å². The maximum Gasteiger partial charge on any atom is 0.410 e. The van der Waals surface area contributed by atoms with Crippen molar-refractivity contribution in [2.24, 2.45) is 0 Å². The Hall–Kier alpha value is -3.31. The topological polar surface area (TPSA) is 108 Å². The molecule has 10 nitrogen and oxygen atoms in total. The lowest BCUT2D eigenvalue weighted by molar-refractivity contribution is -0.116. The SMILES string of the molecule is COc1cc(C)c(S(=O)(=O)N(C)CCC(=O)Nc2ccc(N3CCC(N(C)C(=O)OC(C)(C)C)CC3)cc2)c(C)c1. The minimum Gasteiger partial charge on any atom is -0.497 e. The third-order valence-corrected chi connectivity index (χ3v) is 9.36. The maximum atomic E-state index is 13.2. The molecule has 1 aliphatic heterocycles. The molecule has 2 aromatic rings. The van der Waals surface area contributed by atoms with Gasteiger partial charge in [-0.15, -0.1) is 0 Å². The Bertz CT molecular complexity index is 1310. The number of carbonyl (C=O) groups excluding carboxylic acids is 2. The summed E-state index contributed by atoms with van der Waals surface area (Å²) < 4.78 is 38.3. The molecule has 0 atom stereocenters. The second kappa shape index (κ2) is 13.1. The molecule has 0 aliphatic carbocycles. The van der Waals surface area contributed by atoms with Crippen molar-refractivity contribution in [1.82, 2.24) is 9.21 Å². The number of hydrogen-bond donors (Lipinski definition) is 1. The fourth-order valence-corrected chi connectivity index (χ4v) is 6.52. The highest BCUT2D eigenvalue weighted by Crippen LogP contribution is 2.28. The molecule has 2 amide bonds. The van der Waals surface area contributed by atoms with E-state index in [0.29, 0.717) is 22.6 Å². The van der Waals surface area contributed by atoms with Gasteiger partial charge in [0.25, 0.3) is 0 Å². The Morgan fingerprint density at radius 3 is 2.10 bits per heavy atom. The molecule has 226 valence electrons. The molecule has 0 unspecified atom stereocenters. The number of piperidine rings is 1. The summed E-state index contributed by atoms with van der Waals surface area (Å²) in [5.41, 5.74) is 2.35. The lowest BCUT2D eigenvalue weighted by Gasteiger charge is -2.38. The molecular weight excluding hydrogens is 544 g/mol. The number of aryl methyl sites for hydroxylation is 2. The van der Waals surface area contributed by atoms with Crippen LogP contribution in [0.2, 0.25) is 0 Å². The summed E-state index contributed by atoms with van der Waals surface area (Å²) in [5, 5.41) is 2.86. The highest BCUT2D eigenvalue weighted by atomic mass is 32.2. The number of hydrogen-bond acceptors (Lipinski definition) is 7. The second-order valence-corrected chi connectivity index (χ2v) is 13.6. The minimum atomic E-state index is -3.77. The summed E-state index contributed by atoms with van der Waals surface area (Å²) in [5.74, 6) is 0.330. The average molecular weight is 589 g/mol. The molecule has 1 fully saturated rings. The standard InChI is InChI=1S/C30H44N4O6S/c1-21-19-26(39-8)20-22(2)28(21)41(37,38)32(6)16-15-27(35)31-23-9-11-25(12-10-23)34-17-13-24(14-18-34)33(7)29(36)40-30(3,4)5/h9-12,19-20,24H,13-18H2,1-8H3,(H,31,35). The zero-order valence-electron chi connectivity index (χ0n) is 25.5. The van der Waals surface area contributed by atoms with Gasteiger partial charge in [0.15, 0.2) is 0 Å². The van der Waals surface area contributed by atoms with E-state index >= 15 is 0 Å². The first-order valence-corrected chi connectivity index (χ1v) is 15.3. The summed E-state index contributed by atoms with van der Waals surface area (Å²) in [6.07, 6.45) is 1.39. The fraction of sp³-hybridized carbons (Fsp3) is 0.533. The number of sulfonamides is 1. The highest BCUT2D eigenvalue weighted by Gasteiger charge is 2.29. The van der Waals surface area contributed by atoms with Crippen molar-refractivity contribution in [3.05, 3.63) is 47.5 Å². The normalized spacial score (nSPS) is 14.6. The Balaban J connectivity index is 1.50. The van der Waals surface area contributed by atoms with Gasteiger partial charge in [-0.3, -0.25) is 4.79 Å². The van der Waals surface area contributed by atoms with Gasteiger partial charge in [-0.1, -0.05) is 0 Å². The van der Waals surface area contributed by atoms with Crippen molar-refractivity contribution in [2.45, 2.75) is 70.4 Å². The van der Waals surface area contributed by atoms with Crippen molar-refractivity contribution in [3.8, 4) is 5.75 Å². The van der Waals surface area contributed by atoms with E-state index in [1.807, 2.05) is 45.0 Å². The third kappa shape index (κ3) is 8.36. The van der Waals surface area contributed by atoms with Crippen LogP contribution in [0, 0.1) is 13.8 Å². The Labute approximate surface area is 244 Å².